The lowest BCUT2D eigenvalue weighted by molar-refractivity contribution is -0.0265. The molecule has 4 rings (SSSR count). The summed E-state index contributed by atoms with van der Waals surface area (Å²) in [4.78, 5) is 11.1. The van der Waals surface area contributed by atoms with Crippen LogP contribution in [0.4, 0.5) is 4.39 Å². The van der Waals surface area contributed by atoms with E-state index >= 15 is 0 Å². The van der Waals surface area contributed by atoms with E-state index in [2.05, 4.69) is 20.1 Å². The minimum atomic E-state index is -1.21. The van der Waals surface area contributed by atoms with Gasteiger partial charge in [0.1, 0.15) is 17.6 Å². The molecule has 2 aromatic heterocycles. The number of fused-ring (bicyclic) bond motifs is 1. The van der Waals surface area contributed by atoms with Crippen LogP contribution in [-0.2, 0) is 0 Å². The highest BCUT2D eigenvalue weighted by Crippen LogP contribution is 2.43. The molecule has 0 saturated heterocycles. The Bertz CT molecular complexity index is 1090. The Kier molecular flexibility index (Phi) is 4.79. The van der Waals surface area contributed by atoms with Gasteiger partial charge < -0.3 is 30.7 Å². The van der Waals surface area contributed by atoms with Gasteiger partial charge in [-0.25, -0.2) is 14.4 Å². The largest absolute Gasteiger partial charge is 0.390 e. The van der Waals surface area contributed by atoms with Gasteiger partial charge in [0.2, 0.25) is 5.49 Å². The first-order chi connectivity index (χ1) is 13.4. The molecule has 11 heteroatoms. The number of hydrogen-bond donors (Lipinski definition) is 5. The normalized spacial score (nSPS) is 26.8. The average Bonchev–Trinajstić information content (AvgIpc) is 3.25. The zero-order valence-electron chi connectivity index (χ0n) is 14.4. The molecule has 3 aromatic rings. The molecule has 5 atom stereocenters. The highest BCUT2D eigenvalue weighted by molar-refractivity contribution is 6.30. The Labute approximate surface area is 162 Å². The lowest BCUT2D eigenvalue weighted by atomic mass is 9.92. The molecule has 0 amide bonds. The van der Waals surface area contributed by atoms with E-state index in [0.29, 0.717) is 16.7 Å². The average molecular weight is 409 g/mol. The van der Waals surface area contributed by atoms with E-state index in [1.54, 1.807) is 4.57 Å². The van der Waals surface area contributed by atoms with Crippen LogP contribution in [0.2, 0.25) is 5.02 Å². The molecule has 2 heterocycles. The van der Waals surface area contributed by atoms with Crippen LogP contribution in [0, 0.1) is 11.7 Å². The third-order valence-corrected chi connectivity index (χ3v) is 5.55. The third kappa shape index (κ3) is 2.94. The molecule has 1 aliphatic rings. The summed E-state index contributed by atoms with van der Waals surface area (Å²) in [6.07, 6.45) is -0.370. The fourth-order valence-corrected chi connectivity index (χ4v) is 3.99. The summed E-state index contributed by atoms with van der Waals surface area (Å²) in [5.74, 6) is 4.02. The van der Waals surface area contributed by atoms with E-state index in [1.165, 1.54) is 24.8 Å². The van der Waals surface area contributed by atoms with Crippen molar-refractivity contribution in [1.82, 2.24) is 19.5 Å². The van der Waals surface area contributed by atoms with Gasteiger partial charge in [0.25, 0.3) is 0 Å². The third-order valence-electron chi connectivity index (χ3n) is 5.26. The van der Waals surface area contributed by atoms with Crippen LogP contribution in [0.25, 0.3) is 11.2 Å². The highest BCUT2D eigenvalue weighted by atomic mass is 35.5. The lowest BCUT2D eigenvalue weighted by Gasteiger charge is -2.22. The van der Waals surface area contributed by atoms with Crippen molar-refractivity contribution in [2.45, 2.75) is 30.8 Å². The molecule has 0 bridgehead atoms. The molecule has 0 unspecified atom stereocenters. The monoisotopic (exact) mass is 408 g/mol. The van der Waals surface area contributed by atoms with Gasteiger partial charge >= 0.3 is 0 Å². The number of aliphatic hydroxyl groups is 3. The molecule has 1 fully saturated rings. The minimum absolute atomic E-state index is 0.123. The van der Waals surface area contributed by atoms with Crippen LogP contribution in [0.5, 0.6) is 0 Å². The molecule has 9 nitrogen and oxygen atoms in total. The number of H-pyrrole nitrogens is 1. The molecule has 148 valence electrons. The highest BCUT2D eigenvalue weighted by Gasteiger charge is 2.46. The number of nitrogens with one attached hydrogen (secondary N) is 1. The number of benzene rings is 1. The molecule has 1 aromatic carbocycles. The Hall–Kier alpha value is -2.53. The van der Waals surface area contributed by atoms with Crippen molar-refractivity contribution < 1.29 is 19.7 Å². The summed E-state index contributed by atoms with van der Waals surface area (Å²) in [5.41, 5.74) is 1.54. The van der Waals surface area contributed by atoms with E-state index in [4.69, 9.17) is 17.4 Å². The van der Waals surface area contributed by atoms with Gasteiger partial charge in [-0.05, 0) is 24.1 Å². The number of imidazole rings is 1. The van der Waals surface area contributed by atoms with Crippen molar-refractivity contribution in [3.63, 3.8) is 0 Å². The van der Waals surface area contributed by atoms with Crippen molar-refractivity contribution in [3.8, 4) is 0 Å². The Morgan fingerprint density at radius 3 is 2.82 bits per heavy atom. The fraction of sp³-hybridized carbons (Fsp3) is 0.353. The predicted octanol–water partition coefficient (Wildman–Crippen LogP) is 0.343. The second-order valence-corrected chi connectivity index (χ2v) is 7.18. The summed E-state index contributed by atoms with van der Waals surface area (Å²) >= 11 is 5.79. The zero-order valence-corrected chi connectivity index (χ0v) is 15.2. The van der Waals surface area contributed by atoms with Crippen LogP contribution in [0.3, 0.4) is 0 Å². The molecule has 0 spiro atoms. The number of rotatable bonds is 3. The van der Waals surface area contributed by atoms with Gasteiger partial charge in [0, 0.05) is 5.92 Å². The van der Waals surface area contributed by atoms with E-state index in [0.717, 1.165) is 6.07 Å². The summed E-state index contributed by atoms with van der Waals surface area (Å²) in [6.45, 7) is 0. The van der Waals surface area contributed by atoms with E-state index in [1.807, 2.05) is 0 Å². The second kappa shape index (κ2) is 7.13. The number of aromatic nitrogens is 4. The van der Waals surface area contributed by atoms with Crippen LogP contribution in [0.1, 0.15) is 24.1 Å². The van der Waals surface area contributed by atoms with Crippen LogP contribution >= 0.6 is 11.6 Å². The summed E-state index contributed by atoms with van der Waals surface area (Å²) in [7, 11) is 0. The van der Waals surface area contributed by atoms with Crippen LogP contribution < -0.4 is 11.3 Å². The Morgan fingerprint density at radius 2 is 2.11 bits per heavy atom. The van der Waals surface area contributed by atoms with Crippen molar-refractivity contribution in [3.05, 3.63) is 52.7 Å². The van der Waals surface area contributed by atoms with Crippen molar-refractivity contribution in [1.29, 1.82) is 0 Å². The molecule has 0 aliphatic heterocycles. The van der Waals surface area contributed by atoms with E-state index < -0.39 is 36.1 Å². The standard InChI is InChI=1S/C17H18ClFN6O3/c18-9-3-7(1-2-10(9)19)13(26)8-4-11(15(28)14(8)27)25-6-23-12-16(24-20)21-5-22-17(12)25/h1-3,5-6,8,11,13-15,26-28H,4,20H2,(H,21,22,24)/t8-,11-,13-,14-,15+/m1/s1. The van der Waals surface area contributed by atoms with Gasteiger partial charge in [-0.15, -0.1) is 0 Å². The number of aromatic amines is 1. The number of nitrogens with two attached hydrogens (primary N) is 1. The maximum atomic E-state index is 13.4. The molecule has 1 aliphatic carbocycles. The van der Waals surface area contributed by atoms with Crippen molar-refractivity contribution in [2.24, 2.45) is 16.9 Å². The predicted molar refractivity (Wildman–Crippen MR) is 97.2 cm³/mol. The second-order valence-electron chi connectivity index (χ2n) is 6.77. The topological polar surface area (TPSA) is 146 Å². The smallest absolute Gasteiger partial charge is 0.202 e. The van der Waals surface area contributed by atoms with Gasteiger partial charge in [0.05, 0.1) is 35.9 Å². The first-order valence-electron chi connectivity index (χ1n) is 8.55. The molecule has 6 N–H and O–H groups in total. The first kappa shape index (κ1) is 18.8. The molecule has 28 heavy (non-hydrogen) atoms. The van der Waals surface area contributed by atoms with Crippen molar-refractivity contribution >= 4 is 22.8 Å². The number of hydrogen-bond acceptors (Lipinski definition) is 7. The summed E-state index contributed by atoms with van der Waals surface area (Å²) in [5, 5.41) is 35.3. The number of aliphatic hydroxyl groups excluding tert-OH is 3. The van der Waals surface area contributed by atoms with Crippen LogP contribution in [0.15, 0.2) is 36.0 Å². The molecular weight excluding hydrogens is 391 g/mol. The zero-order chi connectivity index (χ0) is 20.0. The Morgan fingerprint density at radius 1 is 1.32 bits per heavy atom. The SMILES string of the molecule is N/N=c1/nc[nH]c2c1ncn2[C@@H]1C[C@H]([C@H](O)c2ccc(F)c(Cl)c2)[C@@H](O)[C@H]1O. The molecule has 0 radical (unpaired) electrons. The molecular formula is C17H18ClFN6O3. The first-order valence-corrected chi connectivity index (χ1v) is 8.93. The van der Waals surface area contributed by atoms with E-state index in [-0.39, 0.29) is 16.9 Å². The minimum Gasteiger partial charge on any atom is -0.390 e. The number of nitrogens with zero attached hydrogens (tertiary/aromatic N) is 4. The van der Waals surface area contributed by atoms with Gasteiger partial charge in [0.15, 0.2) is 5.52 Å². The quantitative estimate of drug-likeness (QED) is 0.312. The lowest BCUT2D eigenvalue weighted by Crippen LogP contribution is -2.31. The van der Waals surface area contributed by atoms with Gasteiger partial charge in [-0.1, -0.05) is 17.7 Å². The molecule has 1 saturated carbocycles. The number of halogens is 2. The van der Waals surface area contributed by atoms with Crippen molar-refractivity contribution in [2.75, 3.05) is 0 Å². The fourth-order valence-electron chi connectivity index (χ4n) is 3.81. The summed E-state index contributed by atoms with van der Waals surface area (Å²) < 4.78 is 15.1. The van der Waals surface area contributed by atoms with Crippen LogP contribution in [-0.4, -0.2) is 47.0 Å². The van der Waals surface area contributed by atoms with E-state index in [9.17, 15) is 19.7 Å². The van der Waals surface area contributed by atoms with Gasteiger partial charge in [-0.3, -0.25) is 0 Å². The maximum Gasteiger partial charge on any atom is 0.202 e. The van der Waals surface area contributed by atoms with Gasteiger partial charge in [-0.2, -0.15) is 5.10 Å². The Balaban J connectivity index is 1.67. The summed E-state index contributed by atoms with van der Waals surface area (Å²) in [6, 6.07) is 3.30. The maximum absolute atomic E-state index is 13.4.